The number of hydrogen-bond donors (Lipinski definition) is 2. The molecular weight excluding hydrogens is 380 g/mol. The fourth-order valence-electron chi connectivity index (χ4n) is 1.68. The topological polar surface area (TPSA) is 56.8 Å². The normalized spacial score (nSPS) is 11.0. The Morgan fingerprint density at radius 2 is 1.76 bits per heavy atom. The third-order valence-electron chi connectivity index (χ3n) is 3.16. The zero-order chi connectivity index (χ0) is 19.2. The lowest BCUT2D eigenvalue weighted by molar-refractivity contribution is -0.870. The molecule has 25 heavy (non-hydrogen) atoms. The average Bonchev–Trinajstić information content (AvgIpc) is 2.53. The van der Waals surface area contributed by atoms with Gasteiger partial charge in [0.15, 0.2) is 0 Å². The number of rotatable bonds is 11. The van der Waals surface area contributed by atoms with E-state index < -0.39 is 8.80 Å². The summed E-state index contributed by atoms with van der Waals surface area (Å²) in [6.07, 6.45) is 1.93. The number of carbonyl (C=O) groups excluding carboxylic acids is 1. The molecule has 6 nitrogen and oxygen atoms in total. The number of carbonyl (C=O) groups is 1. The molecule has 0 aromatic carbocycles. The second kappa shape index (κ2) is 16.0. The third kappa shape index (κ3) is 17.0. The Labute approximate surface area is 167 Å². The Bertz CT molecular complexity index is 356. The van der Waals surface area contributed by atoms with Gasteiger partial charge in [0.1, 0.15) is 0 Å². The van der Waals surface area contributed by atoms with E-state index in [9.17, 15) is 4.79 Å². The first-order valence-corrected chi connectivity index (χ1v) is 10.5. The maximum absolute atomic E-state index is 11.1. The van der Waals surface area contributed by atoms with Crippen molar-refractivity contribution in [3.05, 3.63) is 19.3 Å². The number of nitrogens with zero attached hydrogens (tertiary/aromatic N) is 1. The highest BCUT2D eigenvalue weighted by Gasteiger charge is 2.41. The fourth-order valence-corrected chi connectivity index (χ4v) is 3.70. The van der Waals surface area contributed by atoms with E-state index in [-0.39, 0.29) is 18.3 Å². The molecule has 0 radical (unpaired) electrons. The van der Waals surface area contributed by atoms with Gasteiger partial charge in [-0.25, -0.2) is 0 Å². The molecule has 0 spiro atoms. The molecule has 0 fully saturated rings. The maximum Gasteiger partial charge on any atom is 0.547 e. The Morgan fingerprint density at radius 1 is 1.24 bits per heavy atom. The molecule has 0 aliphatic carbocycles. The van der Waals surface area contributed by atoms with Crippen molar-refractivity contribution in [1.82, 2.24) is 5.32 Å². The maximum atomic E-state index is 11.1. The summed E-state index contributed by atoms with van der Waals surface area (Å²) in [6, 6.07) is 0.771. The zero-order valence-corrected chi connectivity index (χ0v) is 19.3. The second-order valence-electron chi connectivity index (χ2n) is 6.47. The Balaban J connectivity index is -0.000000377. The van der Waals surface area contributed by atoms with Crippen molar-refractivity contribution in [1.29, 1.82) is 0 Å². The number of amides is 1. The van der Waals surface area contributed by atoms with Gasteiger partial charge >= 0.3 is 8.80 Å². The zero-order valence-electron chi connectivity index (χ0n) is 16.6. The van der Waals surface area contributed by atoms with Gasteiger partial charge in [0.2, 0.25) is 13.0 Å². The van der Waals surface area contributed by atoms with Crippen LogP contribution in [0.25, 0.3) is 0 Å². The first kappa shape index (κ1) is 29.5. The van der Waals surface area contributed by atoms with E-state index in [1.807, 2.05) is 0 Å². The monoisotopic (exact) mass is 416 g/mol. The van der Waals surface area contributed by atoms with E-state index in [0.717, 1.165) is 42.2 Å². The van der Waals surface area contributed by atoms with Crippen LogP contribution in [0.15, 0.2) is 12.2 Å². The Morgan fingerprint density at radius 3 is 2.08 bits per heavy atom. The highest BCUT2D eigenvalue weighted by Crippen LogP contribution is 2.15. The molecule has 0 unspecified atom stereocenters. The van der Waals surface area contributed by atoms with Crippen LogP contribution in [0.5, 0.6) is 0 Å². The first-order valence-electron chi connectivity index (χ1n) is 7.96. The summed E-state index contributed by atoms with van der Waals surface area (Å²) in [6.45, 7) is 7.09. The van der Waals surface area contributed by atoms with E-state index in [1.165, 1.54) is 0 Å². The largest absolute Gasteiger partial charge is 0.547 e. The van der Waals surface area contributed by atoms with Crippen LogP contribution < -0.4 is 5.32 Å². The highest BCUT2D eigenvalue weighted by atomic mass is 35.5. The molecule has 0 bridgehead atoms. The summed E-state index contributed by atoms with van der Waals surface area (Å²) >= 11 is 4.08. The van der Waals surface area contributed by atoms with Crippen LogP contribution in [0, 0.1) is 7.11 Å². The van der Waals surface area contributed by atoms with Crippen LogP contribution in [0.1, 0.15) is 19.8 Å². The molecule has 1 N–H and O–H groups in total. The van der Waals surface area contributed by atoms with Crippen molar-refractivity contribution >= 4 is 39.7 Å². The van der Waals surface area contributed by atoms with Gasteiger partial charge < -0.3 is 18.7 Å². The van der Waals surface area contributed by atoms with Crippen molar-refractivity contribution in [2.45, 2.75) is 25.8 Å². The van der Waals surface area contributed by atoms with Gasteiger partial charge in [-0.15, -0.1) is 12.4 Å². The van der Waals surface area contributed by atoms with Gasteiger partial charge in [0.05, 0.1) is 27.7 Å². The molecule has 9 heteroatoms. The number of thiol groups is 1. The lowest BCUT2D eigenvalue weighted by atomic mass is 10.3. The predicted molar refractivity (Wildman–Crippen MR) is 112 cm³/mol. The van der Waals surface area contributed by atoms with Crippen molar-refractivity contribution < 1.29 is 22.6 Å². The molecule has 0 aliphatic heterocycles. The van der Waals surface area contributed by atoms with Crippen LogP contribution in [-0.2, 0) is 18.1 Å². The number of hydrogen-bond acceptors (Lipinski definition) is 5. The van der Waals surface area contributed by atoms with E-state index in [1.54, 1.807) is 21.1 Å². The molecule has 0 atom stereocenters. The summed E-state index contributed by atoms with van der Waals surface area (Å²) in [5, 5.41) is 2.81. The molecule has 0 saturated carbocycles. The van der Waals surface area contributed by atoms with E-state index in [4.69, 9.17) is 13.3 Å². The Hall–Kier alpha value is -0.223. The summed E-state index contributed by atoms with van der Waals surface area (Å²) < 4.78 is 16.2. The smallest absolute Gasteiger partial charge is 0.375 e. The molecule has 0 aliphatic rings. The number of nitrogens with one attached hydrogen (secondary N) is 1. The number of halogens is 1. The minimum absolute atomic E-state index is 0. The first-order chi connectivity index (χ1) is 11.1. The third-order valence-corrected chi connectivity index (χ3v) is 6.13. The second-order valence-corrected chi connectivity index (χ2v) is 9.88. The molecule has 0 aromatic rings. The van der Waals surface area contributed by atoms with Gasteiger partial charge in [0.25, 0.3) is 0 Å². The van der Waals surface area contributed by atoms with Gasteiger partial charge in [-0.2, -0.15) is 17.1 Å². The molecule has 0 rings (SSSR count). The van der Waals surface area contributed by atoms with E-state index in [2.05, 4.69) is 52.8 Å². The van der Waals surface area contributed by atoms with Crippen LogP contribution >= 0.6 is 25.0 Å². The van der Waals surface area contributed by atoms with Gasteiger partial charge in [-0.3, -0.25) is 4.79 Å². The molecule has 150 valence electrons. The van der Waals surface area contributed by atoms with Crippen LogP contribution in [0.3, 0.4) is 0 Å². The SMILES string of the molecule is C=C(C)C(=O)NCCC[N+](C)(C)C.Cl.[CH2+]O[Si](CCCS)(OC)OC. The van der Waals surface area contributed by atoms with Gasteiger partial charge in [0, 0.05) is 38.8 Å². The lowest BCUT2D eigenvalue weighted by Crippen LogP contribution is -2.42. The van der Waals surface area contributed by atoms with Crippen molar-refractivity contribution in [3.8, 4) is 0 Å². The van der Waals surface area contributed by atoms with Gasteiger partial charge in [-0.1, -0.05) is 6.58 Å². The lowest BCUT2D eigenvalue weighted by Gasteiger charge is -2.23. The molecule has 1 amide bonds. The average molecular weight is 417 g/mol. The summed E-state index contributed by atoms with van der Waals surface area (Å²) in [7, 11) is 10.5. The van der Waals surface area contributed by atoms with Gasteiger partial charge in [-0.05, 0) is 19.1 Å². The highest BCUT2D eigenvalue weighted by molar-refractivity contribution is 7.80. The minimum atomic E-state index is -2.40. The van der Waals surface area contributed by atoms with Crippen molar-refractivity contribution in [3.63, 3.8) is 0 Å². The summed E-state index contributed by atoms with van der Waals surface area (Å²) in [4.78, 5) is 11.1. The van der Waals surface area contributed by atoms with Crippen molar-refractivity contribution in [2.75, 3.05) is 54.2 Å². The van der Waals surface area contributed by atoms with Crippen molar-refractivity contribution in [2.24, 2.45) is 0 Å². The predicted octanol–water partition coefficient (Wildman–Crippen LogP) is 2.54. The quantitative estimate of drug-likeness (QED) is 0.136. The summed E-state index contributed by atoms with van der Waals surface area (Å²) in [5.74, 6) is 0.770. The van der Waals surface area contributed by atoms with Crippen LogP contribution in [-0.4, -0.2) is 73.4 Å². The van der Waals surface area contributed by atoms with E-state index in [0.29, 0.717) is 5.57 Å². The fraction of sp³-hybridized carbons (Fsp3) is 0.750. The molecule has 0 aromatic heterocycles. The number of quaternary nitrogens is 1. The van der Waals surface area contributed by atoms with Crippen LogP contribution in [0.2, 0.25) is 6.04 Å². The van der Waals surface area contributed by atoms with Crippen LogP contribution in [0.4, 0.5) is 0 Å². The molecule has 0 saturated heterocycles. The molecule has 0 heterocycles. The Kier molecular flexibility index (Phi) is 18.9. The summed E-state index contributed by atoms with van der Waals surface area (Å²) in [5.41, 5.74) is 0.574. The standard InChI is InChI=1S/C10H20N2O.C6H14O3SSi.ClH/c1-9(2)10(13)11-7-6-8-12(3,4)5;1-7-11(8-2,9-3)6-4-5-10;/h1,6-8H2,2-5H3;1,4-6H2,2-3H3;1H/p+2. The molecular formula is C16H37ClN2O4SSi+2. The minimum Gasteiger partial charge on any atom is -0.375 e. The van der Waals surface area contributed by atoms with E-state index >= 15 is 0 Å².